The van der Waals surface area contributed by atoms with Crippen LogP contribution in [0, 0.1) is 0 Å². The number of likely N-dealkylation sites (tertiary alicyclic amines) is 1. The summed E-state index contributed by atoms with van der Waals surface area (Å²) in [4.78, 5) is 26.8. The Morgan fingerprint density at radius 2 is 1.63 bits per heavy atom. The monoisotopic (exact) mass is 402 g/mol. The molecule has 154 valence electrons. The highest BCUT2D eigenvalue weighted by Gasteiger charge is 2.24. The van der Waals surface area contributed by atoms with E-state index in [1.807, 2.05) is 59.5 Å². The molecule has 0 spiro atoms. The molecule has 0 atom stereocenters. The number of piperidine rings is 1. The second kappa shape index (κ2) is 8.99. The van der Waals surface area contributed by atoms with Gasteiger partial charge in [-0.1, -0.05) is 54.6 Å². The Hall–Kier alpha value is -3.34. The number of amides is 2. The van der Waals surface area contributed by atoms with Gasteiger partial charge in [-0.15, -0.1) is 0 Å². The molecule has 1 aliphatic heterocycles. The Morgan fingerprint density at radius 3 is 2.40 bits per heavy atom. The lowest BCUT2D eigenvalue weighted by molar-refractivity contribution is -0.133. The number of phenolic OH excluding ortho intramolecular Hbond substituents is 1. The van der Waals surface area contributed by atoms with Gasteiger partial charge in [0.05, 0.1) is 13.0 Å². The van der Waals surface area contributed by atoms with Crippen LogP contribution < -0.4 is 5.32 Å². The van der Waals surface area contributed by atoms with E-state index < -0.39 is 0 Å². The lowest BCUT2D eigenvalue weighted by Crippen LogP contribution is -2.44. The summed E-state index contributed by atoms with van der Waals surface area (Å²) in [5.74, 6) is 0.491. The van der Waals surface area contributed by atoms with E-state index in [1.54, 1.807) is 12.1 Å². The highest BCUT2D eigenvalue weighted by atomic mass is 16.3. The van der Waals surface area contributed by atoms with E-state index in [2.05, 4.69) is 5.32 Å². The molecule has 1 saturated heterocycles. The number of carbonyl (C=O) groups excluding carboxylic acids is 2. The van der Waals surface area contributed by atoms with E-state index in [1.165, 1.54) is 5.56 Å². The van der Waals surface area contributed by atoms with Gasteiger partial charge in [-0.25, -0.2) is 0 Å². The van der Waals surface area contributed by atoms with Gasteiger partial charge in [0.25, 0.3) is 0 Å². The molecule has 5 heteroatoms. The van der Waals surface area contributed by atoms with Crippen LogP contribution in [0.5, 0.6) is 5.75 Å². The largest absolute Gasteiger partial charge is 0.508 e. The predicted molar refractivity (Wildman–Crippen MR) is 117 cm³/mol. The van der Waals surface area contributed by atoms with Gasteiger partial charge in [-0.05, 0) is 52.8 Å². The number of nitrogens with one attached hydrogen (secondary N) is 1. The molecule has 0 unspecified atom stereocenters. The maximum atomic E-state index is 12.5. The standard InChI is InChI=1S/C25H26N2O3/c28-22-10-8-18(9-11-22)19-12-14-27(15-13-19)25(30)17-26-24(29)16-21-6-3-5-20-4-1-2-7-23(20)21/h1-11,19,28H,12-17H2,(H,26,29). The number of phenols is 1. The first-order chi connectivity index (χ1) is 14.6. The smallest absolute Gasteiger partial charge is 0.241 e. The summed E-state index contributed by atoms with van der Waals surface area (Å²) in [6.07, 6.45) is 2.04. The fourth-order valence-electron chi connectivity index (χ4n) is 4.18. The molecule has 0 aromatic heterocycles. The zero-order valence-corrected chi connectivity index (χ0v) is 16.9. The molecular weight excluding hydrogens is 376 g/mol. The minimum Gasteiger partial charge on any atom is -0.508 e. The molecular formula is C25H26N2O3. The summed E-state index contributed by atoms with van der Waals surface area (Å²) in [7, 11) is 0. The van der Waals surface area contributed by atoms with E-state index in [0.29, 0.717) is 19.0 Å². The summed E-state index contributed by atoms with van der Waals surface area (Å²) in [5.41, 5.74) is 2.16. The van der Waals surface area contributed by atoms with Gasteiger partial charge in [0.1, 0.15) is 5.75 Å². The van der Waals surface area contributed by atoms with E-state index in [-0.39, 0.29) is 30.5 Å². The van der Waals surface area contributed by atoms with Crippen molar-refractivity contribution in [3.05, 3.63) is 77.9 Å². The normalized spacial score (nSPS) is 14.6. The highest BCUT2D eigenvalue weighted by molar-refractivity contribution is 5.91. The van der Waals surface area contributed by atoms with Gasteiger partial charge < -0.3 is 15.3 Å². The van der Waals surface area contributed by atoms with Crippen LogP contribution in [-0.2, 0) is 16.0 Å². The van der Waals surface area contributed by atoms with E-state index in [4.69, 9.17) is 0 Å². The van der Waals surface area contributed by atoms with Crippen molar-refractivity contribution in [3.8, 4) is 5.75 Å². The predicted octanol–water partition coefficient (Wildman–Crippen LogP) is 3.61. The van der Waals surface area contributed by atoms with Gasteiger partial charge in [-0.3, -0.25) is 9.59 Å². The maximum Gasteiger partial charge on any atom is 0.241 e. The number of rotatable bonds is 5. The first-order valence-corrected chi connectivity index (χ1v) is 10.4. The van der Waals surface area contributed by atoms with Crippen molar-refractivity contribution >= 4 is 22.6 Å². The highest BCUT2D eigenvalue weighted by Crippen LogP contribution is 2.29. The molecule has 2 N–H and O–H groups in total. The molecule has 0 aliphatic carbocycles. The minimum atomic E-state index is -0.140. The van der Waals surface area contributed by atoms with Gasteiger partial charge in [0.15, 0.2) is 0 Å². The van der Waals surface area contributed by atoms with Crippen molar-refractivity contribution in [2.24, 2.45) is 0 Å². The van der Waals surface area contributed by atoms with E-state index in [9.17, 15) is 14.7 Å². The summed E-state index contributed by atoms with van der Waals surface area (Å²) < 4.78 is 0. The molecule has 0 saturated carbocycles. The first-order valence-electron chi connectivity index (χ1n) is 10.4. The van der Waals surface area contributed by atoms with Gasteiger partial charge in [0, 0.05) is 13.1 Å². The SMILES string of the molecule is O=C(Cc1cccc2ccccc12)NCC(=O)N1CCC(c2ccc(O)cc2)CC1. The summed E-state index contributed by atoms with van der Waals surface area (Å²) in [6.45, 7) is 1.40. The van der Waals surface area contributed by atoms with Crippen molar-refractivity contribution < 1.29 is 14.7 Å². The fraction of sp³-hybridized carbons (Fsp3) is 0.280. The molecule has 0 radical (unpaired) electrons. The van der Waals surface area contributed by atoms with Crippen molar-refractivity contribution in [2.45, 2.75) is 25.2 Å². The van der Waals surface area contributed by atoms with Crippen LogP contribution in [0.3, 0.4) is 0 Å². The third-order valence-corrected chi connectivity index (χ3v) is 5.88. The molecule has 2 amide bonds. The molecule has 3 aromatic carbocycles. The molecule has 30 heavy (non-hydrogen) atoms. The number of aromatic hydroxyl groups is 1. The van der Waals surface area contributed by atoms with Gasteiger partial charge in [-0.2, -0.15) is 0 Å². The number of hydrogen-bond donors (Lipinski definition) is 2. The third-order valence-electron chi connectivity index (χ3n) is 5.88. The molecule has 3 aromatic rings. The van der Waals surface area contributed by atoms with Crippen molar-refractivity contribution in [2.75, 3.05) is 19.6 Å². The molecule has 5 nitrogen and oxygen atoms in total. The number of hydrogen-bond acceptors (Lipinski definition) is 3. The maximum absolute atomic E-state index is 12.5. The number of carbonyl (C=O) groups is 2. The zero-order chi connectivity index (χ0) is 20.9. The van der Waals surface area contributed by atoms with Gasteiger partial charge in [0.2, 0.25) is 11.8 Å². The second-order valence-corrected chi connectivity index (χ2v) is 7.84. The molecule has 0 bridgehead atoms. The van der Waals surface area contributed by atoms with Crippen molar-refractivity contribution in [1.29, 1.82) is 0 Å². The van der Waals surface area contributed by atoms with E-state index >= 15 is 0 Å². The van der Waals surface area contributed by atoms with Crippen LogP contribution in [0.2, 0.25) is 0 Å². The average Bonchev–Trinajstić information content (AvgIpc) is 2.78. The van der Waals surface area contributed by atoms with Crippen LogP contribution in [-0.4, -0.2) is 41.5 Å². The zero-order valence-electron chi connectivity index (χ0n) is 16.9. The van der Waals surface area contributed by atoms with Crippen LogP contribution in [0.15, 0.2) is 66.7 Å². The molecule has 1 fully saturated rings. The van der Waals surface area contributed by atoms with Gasteiger partial charge >= 0.3 is 0 Å². The summed E-state index contributed by atoms with van der Waals surface area (Å²) >= 11 is 0. The lowest BCUT2D eigenvalue weighted by atomic mass is 9.89. The number of fused-ring (bicyclic) bond motifs is 1. The van der Waals surface area contributed by atoms with Crippen molar-refractivity contribution in [1.82, 2.24) is 10.2 Å². The minimum absolute atomic E-state index is 0.0352. The van der Waals surface area contributed by atoms with Crippen LogP contribution in [0.1, 0.15) is 29.9 Å². The Kier molecular flexibility index (Phi) is 5.98. The lowest BCUT2D eigenvalue weighted by Gasteiger charge is -2.32. The van der Waals surface area contributed by atoms with E-state index in [0.717, 1.165) is 29.2 Å². The Morgan fingerprint density at radius 1 is 0.933 bits per heavy atom. The first kappa shape index (κ1) is 20.0. The summed E-state index contributed by atoms with van der Waals surface area (Å²) in [5, 5.41) is 14.4. The third kappa shape index (κ3) is 4.62. The average molecular weight is 402 g/mol. The molecule has 4 rings (SSSR count). The van der Waals surface area contributed by atoms with Crippen molar-refractivity contribution in [3.63, 3.8) is 0 Å². The second-order valence-electron chi connectivity index (χ2n) is 7.84. The number of benzene rings is 3. The van der Waals surface area contributed by atoms with Crippen LogP contribution in [0.4, 0.5) is 0 Å². The van der Waals surface area contributed by atoms with Crippen LogP contribution in [0.25, 0.3) is 10.8 Å². The quantitative estimate of drug-likeness (QED) is 0.685. The Labute approximate surface area is 176 Å². The Bertz CT molecular complexity index is 1030. The summed E-state index contributed by atoms with van der Waals surface area (Å²) in [6, 6.07) is 21.2. The Balaban J connectivity index is 1.26. The number of nitrogens with zero attached hydrogens (tertiary/aromatic N) is 1. The molecule has 1 aliphatic rings. The van der Waals surface area contributed by atoms with Crippen LogP contribution >= 0.6 is 0 Å². The molecule has 1 heterocycles. The topological polar surface area (TPSA) is 69.6 Å². The fourth-order valence-corrected chi connectivity index (χ4v) is 4.18.